The molecule has 4 aromatic rings. The Labute approximate surface area is 172 Å². The molecule has 1 amide bonds. The first-order valence-corrected chi connectivity index (χ1v) is 10.2. The van der Waals surface area contributed by atoms with Crippen molar-refractivity contribution >= 4 is 39.9 Å². The summed E-state index contributed by atoms with van der Waals surface area (Å²) >= 11 is 7.69. The van der Waals surface area contributed by atoms with Crippen molar-refractivity contribution in [1.29, 1.82) is 0 Å². The van der Waals surface area contributed by atoms with E-state index in [1.807, 2.05) is 53.4 Å². The molecule has 0 bridgehead atoms. The van der Waals surface area contributed by atoms with Gasteiger partial charge in [-0.25, -0.2) is 9.67 Å². The number of nitrogens with one attached hydrogen (secondary N) is 1. The van der Waals surface area contributed by atoms with Crippen LogP contribution in [0.2, 0.25) is 5.02 Å². The van der Waals surface area contributed by atoms with Gasteiger partial charge in [-0.2, -0.15) is 5.10 Å². The third-order valence-electron chi connectivity index (χ3n) is 4.46. The van der Waals surface area contributed by atoms with Crippen LogP contribution in [0.4, 0.5) is 0 Å². The van der Waals surface area contributed by atoms with Gasteiger partial charge in [-0.1, -0.05) is 29.8 Å². The van der Waals surface area contributed by atoms with E-state index < -0.39 is 0 Å². The highest BCUT2D eigenvalue weighted by Gasteiger charge is 2.16. The zero-order valence-electron chi connectivity index (χ0n) is 15.4. The number of aryl methyl sites for hydroxylation is 1. The van der Waals surface area contributed by atoms with Gasteiger partial charge in [0.15, 0.2) is 5.65 Å². The zero-order valence-corrected chi connectivity index (χ0v) is 16.9. The normalized spacial score (nSPS) is 11.1. The van der Waals surface area contributed by atoms with E-state index in [1.54, 1.807) is 17.5 Å². The molecule has 3 aromatic heterocycles. The minimum atomic E-state index is -0.117. The van der Waals surface area contributed by atoms with Crippen LogP contribution >= 0.6 is 22.9 Å². The molecule has 142 valence electrons. The van der Waals surface area contributed by atoms with E-state index in [0.29, 0.717) is 23.7 Å². The van der Waals surface area contributed by atoms with Crippen LogP contribution in [0.5, 0.6) is 0 Å². The number of hydrogen-bond donors (Lipinski definition) is 1. The fourth-order valence-electron chi connectivity index (χ4n) is 3.13. The lowest BCUT2D eigenvalue weighted by atomic mass is 10.1. The predicted octanol–water partition coefficient (Wildman–Crippen LogP) is 4.48. The summed E-state index contributed by atoms with van der Waals surface area (Å²) in [5.74, 6) is -0.117. The van der Waals surface area contributed by atoms with Crippen molar-refractivity contribution in [3.8, 4) is 0 Å². The molecule has 0 unspecified atom stereocenters. The zero-order chi connectivity index (χ0) is 19.5. The Morgan fingerprint density at radius 3 is 2.93 bits per heavy atom. The molecule has 0 aliphatic rings. The number of benzene rings is 1. The summed E-state index contributed by atoms with van der Waals surface area (Å²) < 4.78 is 1.84. The first kappa shape index (κ1) is 18.7. The summed E-state index contributed by atoms with van der Waals surface area (Å²) in [6.45, 7) is 3.07. The van der Waals surface area contributed by atoms with E-state index in [0.717, 1.165) is 28.7 Å². The van der Waals surface area contributed by atoms with Gasteiger partial charge in [0.05, 0.1) is 23.7 Å². The lowest BCUT2D eigenvalue weighted by Gasteiger charge is -2.08. The molecule has 4 rings (SSSR count). The molecular weight excluding hydrogens is 392 g/mol. The largest absolute Gasteiger partial charge is 0.352 e. The van der Waals surface area contributed by atoms with Gasteiger partial charge in [-0.3, -0.25) is 4.79 Å². The number of carbonyl (C=O) groups excluding carboxylic acids is 1. The Morgan fingerprint density at radius 1 is 1.25 bits per heavy atom. The average Bonchev–Trinajstić information content (AvgIpc) is 3.32. The second-order valence-corrected chi connectivity index (χ2v) is 8.03. The molecule has 7 heteroatoms. The summed E-state index contributed by atoms with van der Waals surface area (Å²) in [6, 6.07) is 13.6. The molecule has 0 atom stereocenters. The second-order valence-electron chi connectivity index (χ2n) is 6.57. The summed E-state index contributed by atoms with van der Waals surface area (Å²) in [6.07, 6.45) is 2.44. The van der Waals surface area contributed by atoms with Crippen LogP contribution in [-0.4, -0.2) is 27.2 Å². The predicted molar refractivity (Wildman–Crippen MR) is 113 cm³/mol. The molecule has 28 heavy (non-hydrogen) atoms. The van der Waals surface area contributed by atoms with Gasteiger partial charge in [0.2, 0.25) is 0 Å². The van der Waals surface area contributed by atoms with E-state index in [9.17, 15) is 4.79 Å². The third-order valence-corrected chi connectivity index (χ3v) is 5.55. The standard InChI is InChI=1S/C21H19ClN4OS/c1-14-10-18(21(27)23-8-7-15-4-2-5-16(22)11-15)19-12-24-26(20(19)25-14)13-17-6-3-9-28-17/h2-6,9-12H,7-8,13H2,1H3,(H,23,27). The van der Waals surface area contributed by atoms with Crippen LogP contribution in [0.15, 0.2) is 54.0 Å². The number of fused-ring (bicyclic) bond motifs is 1. The minimum absolute atomic E-state index is 0.117. The Kier molecular flexibility index (Phi) is 5.41. The van der Waals surface area contributed by atoms with E-state index in [2.05, 4.69) is 21.5 Å². The Morgan fingerprint density at radius 2 is 2.14 bits per heavy atom. The van der Waals surface area contributed by atoms with Gasteiger partial charge in [0.25, 0.3) is 5.91 Å². The van der Waals surface area contributed by atoms with Crippen molar-refractivity contribution in [3.63, 3.8) is 0 Å². The van der Waals surface area contributed by atoms with Gasteiger partial charge >= 0.3 is 0 Å². The van der Waals surface area contributed by atoms with E-state index in [1.165, 1.54) is 4.88 Å². The van der Waals surface area contributed by atoms with E-state index >= 15 is 0 Å². The molecule has 1 aromatic carbocycles. The summed E-state index contributed by atoms with van der Waals surface area (Å²) in [4.78, 5) is 18.6. The SMILES string of the molecule is Cc1cc(C(=O)NCCc2cccc(Cl)c2)c2cnn(Cc3cccs3)c2n1. The average molecular weight is 411 g/mol. The van der Waals surface area contributed by atoms with Crippen molar-refractivity contribution in [1.82, 2.24) is 20.1 Å². The van der Waals surface area contributed by atoms with Crippen LogP contribution in [-0.2, 0) is 13.0 Å². The van der Waals surface area contributed by atoms with Gasteiger partial charge in [0.1, 0.15) is 0 Å². The van der Waals surface area contributed by atoms with Crippen molar-refractivity contribution in [2.24, 2.45) is 0 Å². The van der Waals surface area contributed by atoms with Crippen molar-refractivity contribution < 1.29 is 4.79 Å². The number of carbonyl (C=O) groups is 1. The molecule has 0 saturated carbocycles. The van der Waals surface area contributed by atoms with Crippen molar-refractivity contribution in [3.05, 3.63) is 80.8 Å². The minimum Gasteiger partial charge on any atom is -0.352 e. The number of hydrogen-bond acceptors (Lipinski definition) is 4. The lowest BCUT2D eigenvalue weighted by Crippen LogP contribution is -2.26. The maximum Gasteiger partial charge on any atom is 0.252 e. The molecule has 0 fully saturated rings. The number of thiophene rings is 1. The molecule has 3 heterocycles. The quantitative estimate of drug-likeness (QED) is 0.510. The highest BCUT2D eigenvalue weighted by molar-refractivity contribution is 7.09. The number of rotatable bonds is 6. The monoisotopic (exact) mass is 410 g/mol. The van der Waals surface area contributed by atoms with Crippen LogP contribution < -0.4 is 5.32 Å². The van der Waals surface area contributed by atoms with Crippen LogP contribution in [0.25, 0.3) is 11.0 Å². The van der Waals surface area contributed by atoms with Crippen molar-refractivity contribution in [2.45, 2.75) is 19.9 Å². The number of halogens is 1. The van der Waals surface area contributed by atoms with E-state index in [4.69, 9.17) is 11.6 Å². The number of amides is 1. The van der Waals surface area contributed by atoms with Gasteiger partial charge < -0.3 is 5.32 Å². The highest BCUT2D eigenvalue weighted by atomic mass is 35.5. The Balaban J connectivity index is 1.52. The van der Waals surface area contributed by atoms with Crippen LogP contribution in [0.3, 0.4) is 0 Å². The maximum absolute atomic E-state index is 12.8. The van der Waals surface area contributed by atoms with Crippen LogP contribution in [0, 0.1) is 6.92 Å². The molecule has 0 saturated heterocycles. The first-order chi connectivity index (χ1) is 13.6. The number of aromatic nitrogens is 3. The van der Waals surface area contributed by atoms with Gasteiger partial charge in [0, 0.05) is 22.1 Å². The third kappa shape index (κ3) is 4.08. The van der Waals surface area contributed by atoms with Crippen molar-refractivity contribution in [2.75, 3.05) is 6.54 Å². The number of nitrogens with zero attached hydrogens (tertiary/aromatic N) is 3. The summed E-state index contributed by atoms with van der Waals surface area (Å²) in [7, 11) is 0. The molecule has 0 aliphatic carbocycles. The summed E-state index contributed by atoms with van der Waals surface area (Å²) in [5.41, 5.74) is 3.22. The maximum atomic E-state index is 12.8. The van der Waals surface area contributed by atoms with E-state index in [-0.39, 0.29) is 5.91 Å². The fourth-order valence-corrected chi connectivity index (χ4v) is 4.03. The van der Waals surface area contributed by atoms with Gasteiger partial charge in [-0.05, 0) is 48.6 Å². The Hall–Kier alpha value is -2.70. The highest BCUT2D eigenvalue weighted by Crippen LogP contribution is 2.20. The molecule has 1 N–H and O–H groups in total. The molecule has 5 nitrogen and oxygen atoms in total. The Bertz CT molecular complexity index is 1120. The topological polar surface area (TPSA) is 59.8 Å². The van der Waals surface area contributed by atoms with Gasteiger partial charge in [-0.15, -0.1) is 11.3 Å². The second kappa shape index (κ2) is 8.12. The molecule has 0 radical (unpaired) electrons. The van der Waals surface area contributed by atoms with Crippen LogP contribution in [0.1, 0.15) is 26.5 Å². The molecule has 0 aliphatic heterocycles. The lowest BCUT2D eigenvalue weighted by molar-refractivity contribution is 0.0955. The fraction of sp³-hybridized carbons (Fsp3) is 0.190. The summed E-state index contributed by atoms with van der Waals surface area (Å²) in [5, 5.41) is 11.0. The first-order valence-electron chi connectivity index (χ1n) is 8.98. The molecule has 0 spiro atoms. The smallest absolute Gasteiger partial charge is 0.252 e. The molecular formula is C21H19ClN4OS. The number of pyridine rings is 1.